The summed E-state index contributed by atoms with van der Waals surface area (Å²) in [5, 5.41) is 6.53. The minimum atomic E-state index is -0.750. The van der Waals surface area contributed by atoms with Gasteiger partial charge in [0.05, 0.1) is 0 Å². The van der Waals surface area contributed by atoms with Crippen molar-refractivity contribution >= 4 is 34.9 Å². The standard InChI is InChI=1S/C24H28N6O.O2S/c1-15-6-8-16(9-7-15)17-10-12-18(13-11-17)28-23-19(22(26)31)14-27-24(30-23)29-21-5-3-2-4-20(21)25;1-3-2/h6-14,20-21H,2-5,25H2,1H3,(H2,26,31)(H2,27,28,29,30);/t20-,21+;/m0./s1. The van der Waals surface area contributed by atoms with E-state index >= 15 is 0 Å². The SMILES string of the molecule is Cc1ccc(-c2ccc(Nc3nc(N[C@@H]4CCCC[C@@H]4N)ncc3C(N)=O)cc2)cc1.O=S=O. The molecule has 1 heterocycles. The van der Waals surface area contributed by atoms with Gasteiger partial charge in [0.25, 0.3) is 5.91 Å². The Morgan fingerprint density at radius 3 is 2.18 bits per heavy atom. The first-order chi connectivity index (χ1) is 16.4. The summed E-state index contributed by atoms with van der Waals surface area (Å²) < 4.78 is 16.6. The largest absolute Gasteiger partial charge is 0.365 e. The molecular formula is C24H28N6O3S. The number of primary amides is 1. The lowest BCUT2D eigenvalue weighted by atomic mass is 9.91. The Kier molecular flexibility index (Phi) is 8.83. The number of nitrogens with zero attached hydrogens (tertiary/aromatic N) is 2. The molecule has 2 aromatic carbocycles. The second kappa shape index (κ2) is 12.0. The molecule has 3 aromatic rings. The minimum absolute atomic E-state index is 0.0684. The summed E-state index contributed by atoms with van der Waals surface area (Å²) in [7, 11) is 0. The predicted octanol–water partition coefficient (Wildman–Crippen LogP) is 3.31. The van der Waals surface area contributed by atoms with Gasteiger partial charge in [0.15, 0.2) is 0 Å². The van der Waals surface area contributed by atoms with Crippen LogP contribution >= 0.6 is 0 Å². The first-order valence-corrected chi connectivity index (χ1v) is 11.6. The lowest BCUT2D eigenvalue weighted by Gasteiger charge is -2.29. The van der Waals surface area contributed by atoms with E-state index in [4.69, 9.17) is 19.9 Å². The molecule has 1 aromatic heterocycles. The lowest BCUT2D eigenvalue weighted by Crippen LogP contribution is -2.43. The molecule has 0 unspecified atom stereocenters. The molecule has 1 aliphatic carbocycles. The van der Waals surface area contributed by atoms with Crippen molar-refractivity contribution in [2.24, 2.45) is 11.5 Å². The quantitative estimate of drug-likeness (QED) is 0.419. The summed E-state index contributed by atoms with van der Waals surface area (Å²) in [6, 6.07) is 16.5. The van der Waals surface area contributed by atoms with Crippen LogP contribution in [0.25, 0.3) is 11.1 Å². The van der Waals surface area contributed by atoms with Crippen LogP contribution in [-0.2, 0) is 11.6 Å². The fourth-order valence-electron chi connectivity index (χ4n) is 3.86. The molecule has 1 saturated carbocycles. The van der Waals surface area contributed by atoms with Crippen LogP contribution in [0.5, 0.6) is 0 Å². The zero-order valence-electron chi connectivity index (χ0n) is 18.9. The second-order valence-electron chi connectivity index (χ2n) is 8.16. The van der Waals surface area contributed by atoms with Crippen LogP contribution in [0.1, 0.15) is 41.6 Å². The third-order valence-corrected chi connectivity index (χ3v) is 5.72. The van der Waals surface area contributed by atoms with Gasteiger partial charge in [-0.3, -0.25) is 4.79 Å². The van der Waals surface area contributed by atoms with E-state index in [0.717, 1.165) is 42.5 Å². The molecule has 6 N–H and O–H groups in total. The Morgan fingerprint density at radius 1 is 1.00 bits per heavy atom. The maximum atomic E-state index is 11.9. The summed E-state index contributed by atoms with van der Waals surface area (Å²) in [5.41, 5.74) is 16.3. The number of anilines is 3. The van der Waals surface area contributed by atoms with E-state index in [-0.39, 0.29) is 17.6 Å². The predicted molar refractivity (Wildman–Crippen MR) is 133 cm³/mol. The molecule has 0 bridgehead atoms. The topological polar surface area (TPSA) is 153 Å². The van der Waals surface area contributed by atoms with Gasteiger partial charge in [-0.05, 0) is 43.0 Å². The Balaban J connectivity index is 0.00000103. The Morgan fingerprint density at radius 2 is 1.59 bits per heavy atom. The van der Waals surface area contributed by atoms with Crippen molar-refractivity contribution in [3.05, 3.63) is 65.9 Å². The zero-order valence-corrected chi connectivity index (χ0v) is 19.7. The second-order valence-corrected chi connectivity index (χ2v) is 8.29. The number of amides is 1. The molecule has 34 heavy (non-hydrogen) atoms. The van der Waals surface area contributed by atoms with Crippen LogP contribution in [0.3, 0.4) is 0 Å². The average Bonchev–Trinajstić information content (AvgIpc) is 2.82. The molecule has 0 aliphatic heterocycles. The van der Waals surface area contributed by atoms with E-state index < -0.39 is 17.5 Å². The Hall–Kier alpha value is -3.63. The van der Waals surface area contributed by atoms with Crippen molar-refractivity contribution in [1.29, 1.82) is 0 Å². The Labute approximate surface area is 202 Å². The van der Waals surface area contributed by atoms with Gasteiger partial charge in [0.2, 0.25) is 5.95 Å². The number of aryl methyl sites for hydroxylation is 1. The van der Waals surface area contributed by atoms with Crippen LogP contribution in [0.15, 0.2) is 54.7 Å². The van der Waals surface area contributed by atoms with E-state index in [1.165, 1.54) is 11.8 Å². The molecule has 2 atom stereocenters. The summed E-state index contributed by atoms with van der Waals surface area (Å²) >= 11 is -0.750. The van der Waals surface area contributed by atoms with E-state index in [1.54, 1.807) is 0 Å². The third kappa shape index (κ3) is 6.69. The highest BCUT2D eigenvalue weighted by Crippen LogP contribution is 2.25. The molecule has 0 radical (unpaired) electrons. The van der Waals surface area contributed by atoms with Crippen molar-refractivity contribution in [3.8, 4) is 11.1 Å². The molecule has 0 saturated heterocycles. The molecule has 1 fully saturated rings. The molecule has 0 spiro atoms. The smallest absolute Gasteiger partial charge is 0.335 e. The van der Waals surface area contributed by atoms with Crippen molar-refractivity contribution < 1.29 is 13.2 Å². The number of hydrogen-bond donors (Lipinski definition) is 4. The highest BCUT2D eigenvalue weighted by Gasteiger charge is 2.23. The lowest BCUT2D eigenvalue weighted by molar-refractivity contribution is 0.100. The molecule has 1 aliphatic rings. The maximum absolute atomic E-state index is 11.9. The monoisotopic (exact) mass is 480 g/mol. The van der Waals surface area contributed by atoms with Crippen LogP contribution < -0.4 is 22.1 Å². The Bertz CT molecular complexity index is 1150. The number of nitrogens with two attached hydrogens (primary N) is 2. The van der Waals surface area contributed by atoms with Gasteiger partial charge in [-0.25, -0.2) is 4.98 Å². The summed E-state index contributed by atoms with van der Waals surface area (Å²) in [6.45, 7) is 2.07. The summed E-state index contributed by atoms with van der Waals surface area (Å²) in [5.74, 6) is 0.225. The molecule has 9 nitrogen and oxygen atoms in total. The molecule has 1 amide bonds. The molecule has 10 heteroatoms. The van der Waals surface area contributed by atoms with Crippen molar-refractivity contribution in [3.63, 3.8) is 0 Å². The number of aromatic nitrogens is 2. The molecule has 4 rings (SSSR count). The van der Waals surface area contributed by atoms with Crippen molar-refractivity contribution in [2.75, 3.05) is 10.6 Å². The normalized spacial score (nSPS) is 17.1. The van der Waals surface area contributed by atoms with Crippen LogP contribution in [0, 0.1) is 6.92 Å². The number of carbonyl (C=O) groups is 1. The fraction of sp³-hybridized carbons (Fsp3) is 0.292. The number of nitrogens with one attached hydrogen (secondary N) is 2. The first kappa shape index (κ1) is 25.0. The number of carbonyl (C=O) groups excluding carboxylic acids is 1. The van der Waals surface area contributed by atoms with E-state index in [2.05, 4.69) is 51.8 Å². The van der Waals surface area contributed by atoms with Crippen LogP contribution in [0.4, 0.5) is 17.5 Å². The highest BCUT2D eigenvalue weighted by molar-refractivity contribution is 7.51. The minimum Gasteiger partial charge on any atom is -0.365 e. The molecule has 178 valence electrons. The number of benzene rings is 2. The fourth-order valence-corrected chi connectivity index (χ4v) is 3.86. The van der Waals surface area contributed by atoms with Gasteiger partial charge in [-0.2, -0.15) is 13.4 Å². The van der Waals surface area contributed by atoms with E-state index in [9.17, 15) is 4.79 Å². The number of rotatable bonds is 6. The molecular weight excluding hydrogens is 452 g/mol. The summed E-state index contributed by atoms with van der Waals surface area (Å²) in [4.78, 5) is 20.7. The van der Waals surface area contributed by atoms with Gasteiger partial charge in [-0.15, -0.1) is 0 Å². The van der Waals surface area contributed by atoms with E-state index in [0.29, 0.717) is 11.8 Å². The van der Waals surface area contributed by atoms with Crippen molar-refractivity contribution in [2.45, 2.75) is 44.7 Å². The first-order valence-electron chi connectivity index (χ1n) is 11.0. The van der Waals surface area contributed by atoms with Gasteiger partial charge in [0, 0.05) is 24.0 Å². The number of hydrogen-bond acceptors (Lipinski definition) is 8. The average molecular weight is 481 g/mol. The third-order valence-electron chi connectivity index (χ3n) is 5.72. The van der Waals surface area contributed by atoms with Gasteiger partial charge in [0.1, 0.15) is 11.4 Å². The highest BCUT2D eigenvalue weighted by atomic mass is 32.1. The van der Waals surface area contributed by atoms with Gasteiger partial charge >= 0.3 is 11.6 Å². The van der Waals surface area contributed by atoms with Crippen molar-refractivity contribution in [1.82, 2.24) is 9.97 Å². The van der Waals surface area contributed by atoms with Gasteiger partial charge < -0.3 is 22.1 Å². The maximum Gasteiger partial charge on any atom is 0.335 e. The zero-order chi connectivity index (χ0) is 24.5. The van der Waals surface area contributed by atoms with E-state index in [1.807, 2.05) is 24.3 Å². The van der Waals surface area contributed by atoms with Gasteiger partial charge in [-0.1, -0.05) is 54.8 Å². The summed E-state index contributed by atoms with van der Waals surface area (Å²) in [6.07, 6.45) is 5.69. The van der Waals surface area contributed by atoms with Crippen LogP contribution in [0.2, 0.25) is 0 Å². The van der Waals surface area contributed by atoms with Crippen LogP contribution in [-0.4, -0.2) is 36.4 Å².